The summed E-state index contributed by atoms with van der Waals surface area (Å²) in [7, 11) is 1.97. The van der Waals surface area contributed by atoms with Crippen LogP contribution in [0.25, 0.3) is 0 Å². The lowest BCUT2D eigenvalue weighted by atomic mass is 10.0. The predicted octanol–water partition coefficient (Wildman–Crippen LogP) is 2.81. The fraction of sp³-hybridized carbons (Fsp3) is 0.562. The summed E-state index contributed by atoms with van der Waals surface area (Å²) in [5, 5.41) is 0. The van der Waals surface area contributed by atoms with Gasteiger partial charge in [-0.2, -0.15) is 0 Å². The van der Waals surface area contributed by atoms with E-state index < -0.39 is 5.54 Å². The minimum Gasteiger partial charge on any atom is -0.465 e. The highest BCUT2D eigenvalue weighted by Crippen LogP contribution is 2.16. The minimum atomic E-state index is -0.585. The predicted molar refractivity (Wildman–Crippen MR) is 78.2 cm³/mol. The summed E-state index contributed by atoms with van der Waals surface area (Å²) >= 11 is 0. The number of nitrogens with zero attached hydrogens (tertiary/aromatic N) is 1. The van der Waals surface area contributed by atoms with Gasteiger partial charge < -0.3 is 4.74 Å². The quantitative estimate of drug-likeness (QED) is 0.739. The molecule has 0 aliphatic rings. The molecule has 1 aromatic carbocycles. The standard InChI is InChI=1S/C16H25NO2/c1-6-19-15(18)16(3,4)17(5)12-11-14-10-8-7-9-13(14)2/h7-10H,6,11-12H2,1-5H3. The lowest BCUT2D eigenvalue weighted by Gasteiger charge is -2.33. The second kappa shape index (κ2) is 6.71. The molecule has 0 bridgehead atoms. The first-order valence-corrected chi connectivity index (χ1v) is 6.82. The van der Waals surface area contributed by atoms with Crippen LogP contribution in [0.4, 0.5) is 0 Å². The molecular formula is C16H25NO2. The maximum atomic E-state index is 11.9. The molecule has 0 fully saturated rings. The van der Waals surface area contributed by atoms with Crippen LogP contribution in [0.5, 0.6) is 0 Å². The summed E-state index contributed by atoms with van der Waals surface area (Å²) in [6.07, 6.45) is 0.937. The van der Waals surface area contributed by atoms with E-state index in [1.165, 1.54) is 11.1 Å². The summed E-state index contributed by atoms with van der Waals surface area (Å²) in [5.74, 6) is -0.165. The Kier molecular flexibility index (Phi) is 5.55. The van der Waals surface area contributed by atoms with Crippen LogP contribution in [0.15, 0.2) is 24.3 Å². The fourth-order valence-corrected chi connectivity index (χ4v) is 1.92. The number of rotatable bonds is 6. The van der Waals surface area contributed by atoms with Gasteiger partial charge in [0.25, 0.3) is 0 Å². The van der Waals surface area contributed by atoms with Gasteiger partial charge in [0, 0.05) is 6.54 Å². The van der Waals surface area contributed by atoms with E-state index in [4.69, 9.17) is 4.74 Å². The molecule has 0 aromatic heterocycles. The SMILES string of the molecule is CCOC(=O)C(C)(C)N(C)CCc1ccccc1C. The molecule has 19 heavy (non-hydrogen) atoms. The van der Waals surface area contributed by atoms with Gasteiger partial charge in [0.2, 0.25) is 0 Å². The van der Waals surface area contributed by atoms with Crippen LogP contribution >= 0.6 is 0 Å². The van der Waals surface area contributed by atoms with Crippen LogP contribution in [0.3, 0.4) is 0 Å². The van der Waals surface area contributed by atoms with Crippen molar-refractivity contribution in [2.24, 2.45) is 0 Å². The van der Waals surface area contributed by atoms with Gasteiger partial charge in [-0.05, 0) is 52.3 Å². The molecule has 1 aromatic rings. The molecule has 0 radical (unpaired) electrons. The number of benzene rings is 1. The minimum absolute atomic E-state index is 0.165. The third kappa shape index (κ3) is 4.06. The molecule has 0 aliphatic heterocycles. The van der Waals surface area contributed by atoms with Crippen molar-refractivity contribution in [1.29, 1.82) is 0 Å². The van der Waals surface area contributed by atoms with E-state index in [0.29, 0.717) is 6.61 Å². The zero-order chi connectivity index (χ0) is 14.5. The Hall–Kier alpha value is -1.35. The van der Waals surface area contributed by atoms with E-state index in [1.54, 1.807) is 0 Å². The molecule has 0 unspecified atom stereocenters. The number of hydrogen-bond donors (Lipinski definition) is 0. The number of esters is 1. The number of likely N-dealkylation sites (N-methyl/N-ethyl adjacent to an activating group) is 1. The Morgan fingerprint density at radius 3 is 2.53 bits per heavy atom. The van der Waals surface area contributed by atoms with E-state index in [2.05, 4.69) is 30.0 Å². The topological polar surface area (TPSA) is 29.5 Å². The van der Waals surface area contributed by atoms with E-state index >= 15 is 0 Å². The van der Waals surface area contributed by atoms with Gasteiger partial charge in [-0.15, -0.1) is 0 Å². The molecule has 0 aliphatic carbocycles. The first-order valence-electron chi connectivity index (χ1n) is 6.82. The highest BCUT2D eigenvalue weighted by Gasteiger charge is 2.33. The summed E-state index contributed by atoms with van der Waals surface area (Å²) < 4.78 is 5.12. The van der Waals surface area contributed by atoms with Crippen molar-refractivity contribution in [3.05, 3.63) is 35.4 Å². The number of aryl methyl sites for hydroxylation is 1. The van der Waals surface area contributed by atoms with Crippen molar-refractivity contribution in [2.75, 3.05) is 20.2 Å². The van der Waals surface area contributed by atoms with Gasteiger partial charge in [-0.1, -0.05) is 24.3 Å². The second-order valence-corrected chi connectivity index (χ2v) is 5.38. The van der Waals surface area contributed by atoms with Crippen LogP contribution in [-0.4, -0.2) is 36.6 Å². The number of carbonyl (C=O) groups is 1. The Balaban J connectivity index is 2.62. The van der Waals surface area contributed by atoms with Crippen LogP contribution in [0, 0.1) is 6.92 Å². The zero-order valence-electron chi connectivity index (χ0n) is 12.7. The van der Waals surface area contributed by atoms with Gasteiger partial charge in [0.15, 0.2) is 0 Å². The average molecular weight is 263 g/mol. The summed E-state index contributed by atoms with van der Waals surface area (Å²) in [4.78, 5) is 14.0. The molecule has 1 rings (SSSR count). The highest BCUT2D eigenvalue weighted by molar-refractivity contribution is 5.79. The summed E-state index contributed by atoms with van der Waals surface area (Å²) in [5.41, 5.74) is 2.04. The Bertz CT molecular complexity index is 427. The van der Waals surface area contributed by atoms with Crippen molar-refractivity contribution < 1.29 is 9.53 Å². The van der Waals surface area contributed by atoms with Gasteiger partial charge >= 0.3 is 5.97 Å². The average Bonchev–Trinajstić information content (AvgIpc) is 2.37. The van der Waals surface area contributed by atoms with Gasteiger partial charge in [-0.25, -0.2) is 0 Å². The lowest BCUT2D eigenvalue weighted by molar-refractivity contribution is -0.154. The lowest BCUT2D eigenvalue weighted by Crippen LogP contribution is -2.49. The highest BCUT2D eigenvalue weighted by atomic mass is 16.5. The maximum Gasteiger partial charge on any atom is 0.325 e. The molecule has 0 heterocycles. The Morgan fingerprint density at radius 2 is 1.95 bits per heavy atom. The molecule has 3 nitrogen and oxygen atoms in total. The van der Waals surface area contributed by atoms with Crippen molar-refractivity contribution in [2.45, 2.75) is 39.7 Å². The van der Waals surface area contributed by atoms with Crippen molar-refractivity contribution in [1.82, 2.24) is 4.90 Å². The van der Waals surface area contributed by atoms with Crippen LogP contribution < -0.4 is 0 Å². The van der Waals surface area contributed by atoms with Crippen molar-refractivity contribution in [3.8, 4) is 0 Å². The van der Waals surface area contributed by atoms with Crippen LogP contribution in [0.1, 0.15) is 31.9 Å². The van der Waals surface area contributed by atoms with Gasteiger partial charge in [-0.3, -0.25) is 9.69 Å². The maximum absolute atomic E-state index is 11.9. The van der Waals surface area contributed by atoms with E-state index in [0.717, 1.165) is 13.0 Å². The first kappa shape index (κ1) is 15.7. The summed E-state index contributed by atoms with van der Waals surface area (Å²) in [6.45, 7) is 9.02. The van der Waals surface area contributed by atoms with Gasteiger partial charge in [0.05, 0.1) is 6.61 Å². The fourth-order valence-electron chi connectivity index (χ4n) is 1.92. The van der Waals surface area contributed by atoms with E-state index in [-0.39, 0.29) is 5.97 Å². The van der Waals surface area contributed by atoms with E-state index in [9.17, 15) is 4.79 Å². The van der Waals surface area contributed by atoms with Crippen LogP contribution in [0.2, 0.25) is 0 Å². The molecule has 0 amide bonds. The molecule has 0 spiro atoms. The number of ether oxygens (including phenoxy) is 1. The molecule has 3 heteroatoms. The molecule has 106 valence electrons. The molecular weight excluding hydrogens is 238 g/mol. The third-order valence-electron chi connectivity index (χ3n) is 3.71. The molecule has 0 saturated carbocycles. The normalized spacial score (nSPS) is 11.7. The number of hydrogen-bond acceptors (Lipinski definition) is 3. The van der Waals surface area contributed by atoms with E-state index in [1.807, 2.05) is 33.9 Å². The largest absolute Gasteiger partial charge is 0.465 e. The zero-order valence-corrected chi connectivity index (χ0v) is 12.7. The Labute approximate surface area is 116 Å². The molecule has 0 saturated heterocycles. The van der Waals surface area contributed by atoms with Crippen molar-refractivity contribution >= 4 is 5.97 Å². The number of carbonyl (C=O) groups excluding carboxylic acids is 1. The van der Waals surface area contributed by atoms with Crippen molar-refractivity contribution in [3.63, 3.8) is 0 Å². The smallest absolute Gasteiger partial charge is 0.325 e. The first-order chi connectivity index (χ1) is 8.89. The third-order valence-corrected chi connectivity index (χ3v) is 3.71. The van der Waals surface area contributed by atoms with Crippen LogP contribution in [-0.2, 0) is 16.0 Å². The molecule has 0 atom stereocenters. The molecule has 0 N–H and O–H groups in total. The second-order valence-electron chi connectivity index (χ2n) is 5.38. The summed E-state index contributed by atoms with van der Waals surface area (Å²) in [6, 6.07) is 8.36. The monoisotopic (exact) mass is 263 g/mol. The Morgan fingerprint density at radius 1 is 1.32 bits per heavy atom. The van der Waals surface area contributed by atoms with Gasteiger partial charge in [0.1, 0.15) is 5.54 Å².